The zero-order chi connectivity index (χ0) is 18.2. The van der Waals surface area contributed by atoms with Crippen molar-refractivity contribution in [3.05, 3.63) is 89.8 Å². The van der Waals surface area contributed by atoms with Crippen LogP contribution in [-0.4, -0.2) is 27.6 Å². The Morgan fingerprint density at radius 1 is 1.00 bits per heavy atom. The minimum absolute atomic E-state index is 0.195. The van der Waals surface area contributed by atoms with Crippen LogP contribution in [0.2, 0.25) is 0 Å². The number of para-hydroxylation sites is 1. The van der Waals surface area contributed by atoms with Gasteiger partial charge in [0.1, 0.15) is 5.69 Å². The molecule has 0 atom stereocenters. The fourth-order valence-electron chi connectivity index (χ4n) is 2.42. The molecule has 0 amide bonds. The first-order valence-corrected chi connectivity index (χ1v) is 8.37. The maximum atomic E-state index is 12.2. The molecule has 0 aliphatic heterocycles. The van der Waals surface area contributed by atoms with Crippen LogP contribution in [0, 0.1) is 0 Å². The van der Waals surface area contributed by atoms with E-state index in [1.54, 1.807) is 17.7 Å². The Bertz CT molecular complexity index is 913. The average Bonchev–Trinajstić information content (AvgIpc) is 3.11. The van der Waals surface area contributed by atoms with Crippen LogP contribution >= 0.6 is 0 Å². The molecule has 2 aromatic carbocycles. The van der Waals surface area contributed by atoms with Crippen molar-refractivity contribution in [2.45, 2.75) is 6.92 Å². The maximum absolute atomic E-state index is 12.2. The number of carbonyl (C=O) groups is 1. The quantitative estimate of drug-likeness (QED) is 0.497. The molecule has 0 spiro atoms. The predicted molar refractivity (Wildman–Crippen MR) is 102 cm³/mol. The minimum Gasteiger partial charge on any atom is -0.461 e. The molecule has 3 rings (SSSR count). The predicted octanol–water partition coefficient (Wildman–Crippen LogP) is 4.17. The van der Waals surface area contributed by atoms with Crippen molar-refractivity contribution >= 4 is 18.1 Å². The third-order valence-corrected chi connectivity index (χ3v) is 3.63. The lowest BCUT2D eigenvalue weighted by atomic mass is 10.2. The molecule has 0 unspecified atom stereocenters. The van der Waals surface area contributed by atoms with Crippen molar-refractivity contribution in [2.75, 3.05) is 6.61 Å². The monoisotopic (exact) mass is 345 g/mol. The van der Waals surface area contributed by atoms with Crippen molar-refractivity contribution in [2.24, 2.45) is 0 Å². The zero-order valence-corrected chi connectivity index (χ0v) is 14.4. The summed E-state index contributed by atoms with van der Waals surface area (Å²) in [6, 6.07) is 19.5. The van der Waals surface area contributed by atoms with Crippen LogP contribution in [0.1, 0.15) is 28.7 Å². The highest BCUT2D eigenvalue weighted by Crippen LogP contribution is 2.16. The van der Waals surface area contributed by atoms with Crippen LogP contribution in [0.4, 0.5) is 0 Å². The molecule has 26 heavy (non-hydrogen) atoms. The van der Waals surface area contributed by atoms with Crippen molar-refractivity contribution in [1.29, 1.82) is 0 Å². The SMILES string of the molecule is CCOC(=O)c1nnn(-c2ccccc2)c1/C=C/C=C/c1ccccc1. The Morgan fingerprint density at radius 3 is 2.35 bits per heavy atom. The highest BCUT2D eigenvalue weighted by atomic mass is 16.5. The van der Waals surface area contributed by atoms with E-state index in [9.17, 15) is 4.79 Å². The summed E-state index contributed by atoms with van der Waals surface area (Å²) in [5, 5.41) is 8.13. The van der Waals surface area contributed by atoms with Crippen molar-refractivity contribution in [3.63, 3.8) is 0 Å². The van der Waals surface area contributed by atoms with Gasteiger partial charge in [0.15, 0.2) is 5.69 Å². The minimum atomic E-state index is -0.485. The summed E-state index contributed by atoms with van der Waals surface area (Å²) in [5.74, 6) is -0.485. The highest BCUT2D eigenvalue weighted by Gasteiger charge is 2.19. The Morgan fingerprint density at radius 2 is 1.65 bits per heavy atom. The molecule has 0 bridgehead atoms. The van der Waals surface area contributed by atoms with Crippen molar-refractivity contribution < 1.29 is 9.53 Å². The molecular weight excluding hydrogens is 326 g/mol. The van der Waals surface area contributed by atoms with Gasteiger partial charge in [-0.15, -0.1) is 5.10 Å². The van der Waals surface area contributed by atoms with E-state index in [4.69, 9.17) is 4.74 Å². The van der Waals surface area contributed by atoms with Gasteiger partial charge in [0.2, 0.25) is 0 Å². The van der Waals surface area contributed by atoms with E-state index in [-0.39, 0.29) is 12.3 Å². The number of rotatable bonds is 6. The molecule has 0 aliphatic rings. The summed E-state index contributed by atoms with van der Waals surface area (Å²) in [7, 11) is 0. The van der Waals surface area contributed by atoms with Gasteiger partial charge < -0.3 is 4.74 Å². The van der Waals surface area contributed by atoms with Gasteiger partial charge in [-0.3, -0.25) is 0 Å². The molecule has 0 radical (unpaired) electrons. The molecule has 0 fully saturated rings. The van der Waals surface area contributed by atoms with Crippen LogP contribution in [0.3, 0.4) is 0 Å². The summed E-state index contributed by atoms with van der Waals surface area (Å²) >= 11 is 0. The largest absolute Gasteiger partial charge is 0.461 e. The average molecular weight is 345 g/mol. The van der Waals surface area contributed by atoms with E-state index in [1.165, 1.54) is 0 Å². The van der Waals surface area contributed by atoms with Crippen LogP contribution in [0.15, 0.2) is 72.8 Å². The van der Waals surface area contributed by atoms with Gasteiger partial charge in [-0.05, 0) is 30.7 Å². The molecule has 5 heteroatoms. The topological polar surface area (TPSA) is 57.0 Å². The zero-order valence-electron chi connectivity index (χ0n) is 14.4. The number of aromatic nitrogens is 3. The molecule has 1 aromatic heterocycles. The Labute approximate surface area is 152 Å². The van der Waals surface area contributed by atoms with E-state index < -0.39 is 5.97 Å². The van der Waals surface area contributed by atoms with Crippen LogP contribution in [0.25, 0.3) is 17.8 Å². The Balaban J connectivity index is 1.92. The number of allylic oxidation sites excluding steroid dienone is 2. The van der Waals surface area contributed by atoms with Crippen molar-refractivity contribution in [1.82, 2.24) is 15.0 Å². The summed E-state index contributed by atoms with van der Waals surface area (Å²) in [4.78, 5) is 12.2. The second-order valence-corrected chi connectivity index (χ2v) is 5.42. The standard InChI is InChI=1S/C21H19N3O2/c1-2-26-21(25)20-19(16-10-9-13-17-11-5-3-6-12-17)24(23-22-20)18-14-7-4-8-15-18/h3-16H,2H2,1H3/b13-9+,16-10+. The molecule has 0 saturated carbocycles. The fourth-order valence-corrected chi connectivity index (χ4v) is 2.42. The lowest BCUT2D eigenvalue weighted by molar-refractivity contribution is 0.0519. The first-order chi connectivity index (χ1) is 12.8. The number of hydrogen-bond acceptors (Lipinski definition) is 4. The Hall–Kier alpha value is -3.47. The molecule has 3 aromatic rings. The van der Waals surface area contributed by atoms with Crippen molar-refractivity contribution in [3.8, 4) is 5.69 Å². The van der Waals surface area contributed by atoms with Gasteiger partial charge in [-0.1, -0.05) is 72.0 Å². The van der Waals surface area contributed by atoms with Crippen LogP contribution in [-0.2, 0) is 4.74 Å². The van der Waals surface area contributed by atoms with E-state index in [2.05, 4.69) is 10.3 Å². The number of benzene rings is 2. The number of ether oxygens (including phenoxy) is 1. The smallest absolute Gasteiger partial charge is 0.361 e. The third kappa shape index (κ3) is 4.13. The van der Waals surface area contributed by atoms with Gasteiger partial charge in [0, 0.05) is 0 Å². The van der Waals surface area contributed by atoms with E-state index in [0.717, 1.165) is 11.3 Å². The summed E-state index contributed by atoms with van der Waals surface area (Å²) in [6.07, 6.45) is 7.55. The molecule has 1 heterocycles. The van der Waals surface area contributed by atoms with Crippen LogP contribution in [0.5, 0.6) is 0 Å². The molecule has 0 N–H and O–H groups in total. The summed E-state index contributed by atoms with van der Waals surface area (Å²) < 4.78 is 6.71. The molecule has 0 saturated heterocycles. The summed E-state index contributed by atoms with van der Waals surface area (Å²) in [5.41, 5.74) is 2.69. The summed E-state index contributed by atoms with van der Waals surface area (Å²) in [6.45, 7) is 2.05. The van der Waals surface area contributed by atoms with E-state index in [0.29, 0.717) is 5.69 Å². The first-order valence-electron chi connectivity index (χ1n) is 8.37. The van der Waals surface area contributed by atoms with Gasteiger partial charge in [-0.25, -0.2) is 9.48 Å². The van der Waals surface area contributed by atoms with E-state index >= 15 is 0 Å². The van der Waals surface area contributed by atoms with Gasteiger partial charge in [0.25, 0.3) is 0 Å². The number of hydrogen-bond donors (Lipinski definition) is 0. The Kier molecular flexibility index (Phi) is 5.72. The van der Waals surface area contributed by atoms with E-state index in [1.807, 2.05) is 78.9 Å². The van der Waals surface area contributed by atoms with Gasteiger partial charge in [0.05, 0.1) is 12.3 Å². The lowest BCUT2D eigenvalue weighted by Gasteiger charge is -2.04. The second-order valence-electron chi connectivity index (χ2n) is 5.42. The molecular formula is C21H19N3O2. The molecule has 5 nitrogen and oxygen atoms in total. The van der Waals surface area contributed by atoms with Gasteiger partial charge >= 0.3 is 5.97 Å². The van der Waals surface area contributed by atoms with Gasteiger partial charge in [-0.2, -0.15) is 0 Å². The number of esters is 1. The highest BCUT2D eigenvalue weighted by molar-refractivity contribution is 5.91. The fraction of sp³-hybridized carbons (Fsp3) is 0.0952. The lowest BCUT2D eigenvalue weighted by Crippen LogP contribution is -2.08. The van der Waals surface area contributed by atoms with Crippen LogP contribution < -0.4 is 0 Å². The normalized spacial score (nSPS) is 11.3. The number of nitrogens with zero attached hydrogens (tertiary/aromatic N) is 3. The molecule has 130 valence electrons. The number of carbonyl (C=O) groups excluding carboxylic acids is 1. The second kappa shape index (κ2) is 8.58. The maximum Gasteiger partial charge on any atom is 0.361 e. The third-order valence-electron chi connectivity index (χ3n) is 3.63. The molecule has 0 aliphatic carbocycles. The first kappa shape index (κ1) is 17.4.